The van der Waals surface area contributed by atoms with Crippen LogP contribution in [0.2, 0.25) is 0 Å². The minimum absolute atomic E-state index is 0.0457. The van der Waals surface area contributed by atoms with Crippen LogP contribution >= 0.6 is 13.6 Å². The number of allylic oxidation sites excluding steroid dienone is 6. The molecule has 2 aliphatic rings. The molecule has 0 heterocycles. The van der Waals surface area contributed by atoms with Crippen LogP contribution in [0.3, 0.4) is 0 Å². The molecule has 4 rings (SSSR count). The van der Waals surface area contributed by atoms with E-state index in [1.54, 1.807) is 6.92 Å². The molecule has 0 amide bonds. The van der Waals surface area contributed by atoms with Gasteiger partial charge in [-0.3, -0.25) is 19.2 Å². The summed E-state index contributed by atoms with van der Waals surface area (Å²) >= 11 is 4.25. The van der Waals surface area contributed by atoms with Crippen molar-refractivity contribution >= 4 is 47.6 Å². The molecule has 0 unspecified atom stereocenters. The number of esters is 4. The van der Waals surface area contributed by atoms with Crippen molar-refractivity contribution < 1.29 is 80.2 Å². The van der Waals surface area contributed by atoms with Gasteiger partial charge >= 0.3 is 69.5 Å². The SMILES string of the molecule is C=C(C)[C@@H]1CCC(C)=C[C@H]1c1c(OC(C)=O)cc(CCC)cc1OC(C)=O.C=C(C)[C@@H]1CCC(C)=C[C@H]1c1c(OC(C)=O)cc(OS(=O)(=O)C(F)(F)F)cc1OC(C)=O.[CH2-]CC.[Zn+][Br]. The first-order chi connectivity index (χ1) is 29.8. The average Bonchev–Trinajstić information content (AvgIpc) is 3.14. The average molecular weight is 1040 g/mol. The van der Waals surface area contributed by atoms with Crippen molar-refractivity contribution in [2.45, 2.75) is 132 Å². The fourth-order valence-electron chi connectivity index (χ4n) is 7.31. The van der Waals surface area contributed by atoms with Crippen LogP contribution in [0.4, 0.5) is 13.2 Å². The quantitative estimate of drug-likeness (QED) is 0.0380. The third-order valence-electron chi connectivity index (χ3n) is 9.71. The van der Waals surface area contributed by atoms with E-state index >= 15 is 0 Å². The van der Waals surface area contributed by atoms with E-state index in [1.807, 2.05) is 39.0 Å². The predicted octanol–water partition coefficient (Wildman–Crippen LogP) is 12.4. The topological polar surface area (TPSA) is 149 Å². The van der Waals surface area contributed by atoms with Crippen molar-refractivity contribution in [1.82, 2.24) is 0 Å². The maximum absolute atomic E-state index is 12.8. The van der Waals surface area contributed by atoms with E-state index in [0.717, 1.165) is 92.4 Å². The Kier molecular flexibility index (Phi) is 24.2. The number of carbonyl (C=O) groups excluding carboxylic acids is 4. The first-order valence-electron chi connectivity index (χ1n) is 20.6. The van der Waals surface area contributed by atoms with Gasteiger partial charge < -0.3 is 30.1 Å². The summed E-state index contributed by atoms with van der Waals surface area (Å²) in [5, 5.41) is 0. The van der Waals surface area contributed by atoms with Crippen LogP contribution in [0.15, 0.2) is 71.9 Å². The second-order valence-electron chi connectivity index (χ2n) is 15.5. The van der Waals surface area contributed by atoms with Gasteiger partial charge in [-0.2, -0.15) is 28.0 Å². The van der Waals surface area contributed by atoms with E-state index in [2.05, 4.69) is 57.8 Å². The molecule has 0 bridgehead atoms. The van der Waals surface area contributed by atoms with Crippen molar-refractivity contribution in [3.05, 3.63) is 95.5 Å². The van der Waals surface area contributed by atoms with Crippen LogP contribution in [-0.4, -0.2) is 37.8 Å². The van der Waals surface area contributed by atoms with Gasteiger partial charge in [-0.25, -0.2) is 0 Å². The van der Waals surface area contributed by atoms with Crippen LogP contribution < -0.4 is 23.1 Å². The Labute approximate surface area is 393 Å². The van der Waals surface area contributed by atoms with Crippen LogP contribution in [0.1, 0.15) is 136 Å². The van der Waals surface area contributed by atoms with Crippen molar-refractivity contribution in [3.8, 4) is 28.7 Å². The van der Waals surface area contributed by atoms with Gasteiger partial charge in [-0.15, -0.1) is 0 Å². The molecular formula is C47H60BrF3O11SZn. The summed E-state index contributed by atoms with van der Waals surface area (Å²) in [5.74, 6) is -3.36. The number of carbonyl (C=O) groups is 4. The van der Waals surface area contributed by atoms with Crippen LogP contribution in [0.25, 0.3) is 0 Å². The summed E-state index contributed by atoms with van der Waals surface area (Å²) in [7, 11) is -6.02. The van der Waals surface area contributed by atoms with Crippen LogP contribution in [0, 0.1) is 18.8 Å². The van der Waals surface area contributed by atoms with Gasteiger partial charge in [0.2, 0.25) is 0 Å². The molecule has 0 radical (unpaired) electrons. The molecule has 0 saturated carbocycles. The van der Waals surface area contributed by atoms with E-state index in [0.29, 0.717) is 17.9 Å². The Bertz CT molecular complexity index is 2110. The van der Waals surface area contributed by atoms with Crippen LogP contribution in [0.5, 0.6) is 28.7 Å². The van der Waals surface area contributed by atoms with E-state index in [9.17, 15) is 40.8 Å². The molecule has 0 spiro atoms. The standard InChI is InChI=1S/C23H30O4.C21H23F3O7S.C3H7.BrH.Zn/c1-7-8-18-12-21(26-16(5)24)23(22(13-18)27-17(6)25)20-11-15(4)9-10-19(20)14(2)3;1-11(2)16-7-6-12(3)8-17(16)20-18(29-13(4)25)9-15(10-19(20)30-14(5)26)31-32(27,28)21(22,23)24;1-3-2;;/h11-13,19-20H,2,7-10H2,1,3-6H3;8-10,16-17H,1,6-7H2,2-5H3;1,3H2,2H3;1H;/q;;-1;;+2/p-1/t19-,20+;16-,17+;;;/m00.../s1. The fraction of sp³-hybridized carbons (Fsp3) is 0.468. The van der Waals surface area contributed by atoms with E-state index in [4.69, 9.17) is 18.9 Å². The van der Waals surface area contributed by atoms with Gasteiger partial charge in [0.1, 0.15) is 28.7 Å². The van der Waals surface area contributed by atoms with Crippen molar-refractivity contribution in [2.24, 2.45) is 11.8 Å². The summed E-state index contributed by atoms with van der Waals surface area (Å²) in [5.41, 5.74) is 0.380. The Morgan fingerprint density at radius 3 is 1.28 bits per heavy atom. The zero-order chi connectivity index (χ0) is 49.3. The maximum atomic E-state index is 12.8. The first kappa shape index (κ1) is 57.9. The molecule has 17 heteroatoms. The van der Waals surface area contributed by atoms with Gasteiger partial charge in [-0.05, 0) is 89.3 Å². The number of ether oxygens (including phenoxy) is 4. The van der Waals surface area contributed by atoms with Gasteiger partial charge in [0, 0.05) is 62.8 Å². The summed E-state index contributed by atoms with van der Waals surface area (Å²) in [6.07, 6.45) is 10.2. The van der Waals surface area contributed by atoms with E-state index < -0.39 is 39.2 Å². The summed E-state index contributed by atoms with van der Waals surface area (Å²) in [6.45, 7) is 28.4. The molecule has 2 aromatic carbocycles. The molecule has 4 atom stereocenters. The molecule has 64 heavy (non-hydrogen) atoms. The van der Waals surface area contributed by atoms with E-state index in [-0.39, 0.29) is 46.8 Å². The van der Waals surface area contributed by atoms with Crippen LogP contribution in [-0.2, 0) is 52.1 Å². The van der Waals surface area contributed by atoms with Crippen molar-refractivity contribution in [1.29, 1.82) is 0 Å². The second kappa shape index (κ2) is 26.8. The third kappa shape index (κ3) is 17.7. The summed E-state index contributed by atoms with van der Waals surface area (Å²) < 4.78 is 87.0. The van der Waals surface area contributed by atoms with E-state index in [1.165, 1.54) is 35.8 Å². The molecule has 0 fully saturated rings. The van der Waals surface area contributed by atoms with Gasteiger partial charge in [0.05, 0.1) is 0 Å². The number of benzene rings is 2. The summed E-state index contributed by atoms with van der Waals surface area (Å²) in [4.78, 5) is 47.0. The number of hydrogen-bond donors (Lipinski definition) is 0. The predicted molar refractivity (Wildman–Crippen MR) is 240 cm³/mol. The van der Waals surface area contributed by atoms with Crippen molar-refractivity contribution in [3.63, 3.8) is 0 Å². The molecule has 0 aromatic heterocycles. The Balaban J connectivity index is 0.000000588. The molecule has 0 saturated heterocycles. The molecule has 350 valence electrons. The Hall–Kier alpha value is -4.08. The third-order valence-corrected chi connectivity index (χ3v) is 10.7. The van der Waals surface area contributed by atoms with Gasteiger partial charge in [0.15, 0.2) is 0 Å². The molecular weight excluding hydrogens is 975 g/mol. The number of alkyl halides is 3. The number of aryl methyl sites for hydroxylation is 1. The molecule has 2 aromatic rings. The normalized spacial score (nSPS) is 18.0. The zero-order valence-corrected chi connectivity index (χ0v) is 43.8. The zero-order valence-electron chi connectivity index (χ0n) is 38.5. The number of hydrogen-bond acceptors (Lipinski definition) is 11. The number of rotatable bonds is 12. The first-order valence-corrected chi connectivity index (χ1v) is 28.9. The molecule has 0 N–H and O–H groups in total. The van der Waals surface area contributed by atoms with Gasteiger partial charge in [-0.1, -0.05) is 67.9 Å². The Morgan fingerprint density at radius 1 is 0.703 bits per heavy atom. The molecule has 2 aliphatic carbocycles. The second-order valence-corrected chi connectivity index (χ2v) is 17.0. The minimum atomic E-state index is -6.02. The fourth-order valence-corrected chi connectivity index (χ4v) is 7.76. The molecule has 11 nitrogen and oxygen atoms in total. The number of halogens is 4. The Morgan fingerprint density at radius 2 is 1.02 bits per heavy atom. The van der Waals surface area contributed by atoms with Crippen molar-refractivity contribution in [2.75, 3.05) is 0 Å². The van der Waals surface area contributed by atoms with Gasteiger partial charge in [0.25, 0.3) is 0 Å². The monoisotopic (exact) mass is 1030 g/mol. The summed E-state index contributed by atoms with van der Waals surface area (Å²) in [6, 6.07) is 5.50. The molecule has 0 aliphatic heterocycles.